The van der Waals surface area contributed by atoms with Gasteiger partial charge in [-0.2, -0.15) is 0 Å². The van der Waals surface area contributed by atoms with Gasteiger partial charge < -0.3 is 4.74 Å². The Morgan fingerprint density at radius 1 is 1.32 bits per heavy atom. The standard InChI is InChI=1S/C16H23NO2/c1-11-10-17-12(2)8-15(11)9-13-4-6-14(7-5-13)16(18)19-3/h8,10,13-14H,4-7,9H2,1-3H3/t13-,14-. The van der Waals surface area contributed by atoms with E-state index in [1.54, 1.807) is 0 Å². The molecule has 1 heterocycles. The van der Waals surface area contributed by atoms with Crippen molar-refractivity contribution in [2.75, 3.05) is 7.11 Å². The summed E-state index contributed by atoms with van der Waals surface area (Å²) in [6.07, 6.45) is 7.27. The van der Waals surface area contributed by atoms with Crippen molar-refractivity contribution in [3.63, 3.8) is 0 Å². The van der Waals surface area contributed by atoms with Crippen LogP contribution in [0.25, 0.3) is 0 Å². The highest BCUT2D eigenvalue weighted by Crippen LogP contribution is 2.32. The molecule has 0 spiro atoms. The Balaban J connectivity index is 1.92. The van der Waals surface area contributed by atoms with E-state index in [0.717, 1.165) is 37.8 Å². The van der Waals surface area contributed by atoms with Gasteiger partial charge in [0.25, 0.3) is 0 Å². The first-order valence-electron chi connectivity index (χ1n) is 7.10. The Hall–Kier alpha value is -1.38. The molecule has 1 saturated carbocycles. The second kappa shape index (κ2) is 6.18. The van der Waals surface area contributed by atoms with E-state index in [0.29, 0.717) is 5.92 Å². The second-order valence-corrected chi connectivity index (χ2v) is 5.70. The van der Waals surface area contributed by atoms with Crippen molar-refractivity contribution in [1.29, 1.82) is 0 Å². The lowest BCUT2D eigenvalue weighted by molar-refractivity contribution is -0.146. The van der Waals surface area contributed by atoms with Gasteiger partial charge in [0.1, 0.15) is 0 Å². The molecule has 0 radical (unpaired) electrons. The summed E-state index contributed by atoms with van der Waals surface area (Å²) in [5.74, 6) is 0.789. The number of esters is 1. The van der Waals surface area contributed by atoms with E-state index in [9.17, 15) is 4.79 Å². The third-order valence-electron chi connectivity index (χ3n) is 4.24. The molecule has 2 rings (SSSR count). The minimum Gasteiger partial charge on any atom is -0.469 e. The maximum Gasteiger partial charge on any atom is 0.308 e. The second-order valence-electron chi connectivity index (χ2n) is 5.70. The van der Waals surface area contributed by atoms with Gasteiger partial charge in [0.15, 0.2) is 0 Å². The molecule has 104 valence electrons. The summed E-state index contributed by atoms with van der Waals surface area (Å²) in [7, 11) is 1.48. The normalized spacial score (nSPS) is 23.1. The quantitative estimate of drug-likeness (QED) is 0.784. The van der Waals surface area contributed by atoms with Crippen LogP contribution in [0, 0.1) is 25.7 Å². The smallest absolute Gasteiger partial charge is 0.308 e. The first kappa shape index (κ1) is 14.0. The van der Waals surface area contributed by atoms with Crippen LogP contribution >= 0.6 is 0 Å². The van der Waals surface area contributed by atoms with Gasteiger partial charge in [0, 0.05) is 11.9 Å². The summed E-state index contributed by atoms with van der Waals surface area (Å²) >= 11 is 0. The predicted molar refractivity (Wildman–Crippen MR) is 74.9 cm³/mol. The van der Waals surface area contributed by atoms with Crippen LogP contribution in [-0.4, -0.2) is 18.1 Å². The monoisotopic (exact) mass is 261 g/mol. The third-order valence-corrected chi connectivity index (χ3v) is 4.24. The van der Waals surface area contributed by atoms with Crippen LogP contribution in [0.3, 0.4) is 0 Å². The number of rotatable bonds is 3. The maximum atomic E-state index is 11.5. The molecule has 0 N–H and O–H groups in total. The molecular weight excluding hydrogens is 238 g/mol. The van der Waals surface area contributed by atoms with Crippen LogP contribution in [0.15, 0.2) is 12.3 Å². The largest absolute Gasteiger partial charge is 0.469 e. The topological polar surface area (TPSA) is 39.2 Å². The number of carbonyl (C=O) groups is 1. The molecule has 1 aromatic heterocycles. The van der Waals surface area contributed by atoms with Gasteiger partial charge in [0.2, 0.25) is 0 Å². The van der Waals surface area contributed by atoms with Crippen LogP contribution in [-0.2, 0) is 16.0 Å². The summed E-state index contributed by atoms with van der Waals surface area (Å²) in [5, 5.41) is 0. The average molecular weight is 261 g/mol. The van der Waals surface area contributed by atoms with E-state index in [4.69, 9.17) is 4.74 Å². The van der Waals surface area contributed by atoms with Crippen LogP contribution in [0.5, 0.6) is 0 Å². The van der Waals surface area contributed by atoms with E-state index in [-0.39, 0.29) is 11.9 Å². The molecule has 1 aliphatic rings. The summed E-state index contributed by atoms with van der Waals surface area (Å²) < 4.78 is 4.83. The molecule has 1 aliphatic carbocycles. The van der Waals surface area contributed by atoms with E-state index >= 15 is 0 Å². The lowest BCUT2D eigenvalue weighted by atomic mass is 9.79. The summed E-state index contributed by atoms with van der Waals surface area (Å²) in [6.45, 7) is 4.17. The van der Waals surface area contributed by atoms with Crippen molar-refractivity contribution >= 4 is 5.97 Å². The minimum atomic E-state index is -0.0330. The van der Waals surface area contributed by atoms with Crippen molar-refractivity contribution < 1.29 is 9.53 Å². The van der Waals surface area contributed by atoms with Gasteiger partial charge in [-0.1, -0.05) is 0 Å². The van der Waals surface area contributed by atoms with Gasteiger partial charge >= 0.3 is 5.97 Å². The molecular formula is C16H23NO2. The Morgan fingerprint density at radius 3 is 2.63 bits per heavy atom. The first-order valence-corrected chi connectivity index (χ1v) is 7.10. The van der Waals surface area contributed by atoms with E-state index in [1.807, 2.05) is 13.1 Å². The molecule has 3 heteroatoms. The third kappa shape index (κ3) is 3.55. The number of nitrogens with zero attached hydrogens (tertiary/aromatic N) is 1. The molecule has 0 aliphatic heterocycles. The van der Waals surface area contributed by atoms with Gasteiger partial charge in [0.05, 0.1) is 13.0 Å². The molecule has 0 saturated heterocycles. The van der Waals surface area contributed by atoms with E-state index < -0.39 is 0 Å². The molecule has 1 aromatic rings. The summed E-state index contributed by atoms with van der Waals surface area (Å²) in [5.41, 5.74) is 3.78. The molecule has 19 heavy (non-hydrogen) atoms. The van der Waals surface area contributed by atoms with Crippen molar-refractivity contribution in [3.05, 3.63) is 29.1 Å². The lowest BCUT2D eigenvalue weighted by Gasteiger charge is -2.27. The molecule has 0 aromatic carbocycles. The van der Waals surface area contributed by atoms with Crippen LogP contribution in [0.1, 0.15) is 42.5 Å². The zero-order chi connectivity index (χ0) is 13.8. The number of aryl methyl sites for hydroxylation is 2. The van der Waals surface area contributed by atoms with Gasteiger partial charge in [-0.05, 0) is 69.1 Å². The Bertz CT molecular complexity index is 448. The zero-order valence-electron chi connectivity index (χ0n) is 12.1. The lowest BCUT2D eigenvalue weighted by Crippen LogP contribution is -2.23. The van der Waals surface area contributed by atoms with Crippen molar-refractivity contribution in [2.45, 2.75) is 46.0 Å². The molecule has 0 amide bonds. The Morgan fingerprint density at radius 2 is 2.00 bits per heavy atom. The fourth-order valence-corrected chi connectivity index (χ4v) is 2.98. The predicted octanol–water partition coefficient (Wildman–Crippen LogP) is 3.22. The van der Waals surface area contributed by atoms with Crippen LogP contribution in [0.4, 0.5) is 0 Å². The zero-order valence-corrected chi connectivity index (χ0v) is 12.1. The number of methoxy groups -OCH3 is 1. The van der Waals surface area contributed by atoms with Gasteiger partial charge in [-0.25, -0.2) is 0 Å². The summed E-state index contributed by atoms with van der Waals surface area (Å²) in [4.78, 5) is 15.8. The van der Waals surface area contributed by atoms with E-state index in [1.165, 1.54) is 18.2 Å². The maximum absolute atomic E-state index is 11.5. The molecule has 0 unspecified atom stereocenters. The number of pyridine rings is 1. The molecule has 1 fully saturated rings. The molecule has 0 bridgehead atoms. The average Bonchev–Trinajstić information content (AvgIpc) is 2.43. The minimum absolute atomic E-state index is 0.0330. The van der Waals surface area contributed by atoms with Gasteiger partial charge in [-0.3, -0.25) is 9.78 Å². The number of hydrogen-bond acceptors (Lipinski definition) is 3. The van der Waals surface area contributed by atoms with Gasteiger partial charge in [-0.15, -0.1) is 0 Å². The first-order chi connectivity index (χ1) is 9.10. The SMILES string of the molecule is COC(=O)[C@H]1CC[C@H](Cc2cc(C)ncc2C)CC1. The van der Waals surface area contributed by atoms with E-state index in [2.05, 4.69) is 18.0 Å². The highest BCUT2D eigenvalue weighted by atomic mass is 16.5. The number of carbonyl (C=O) groups excluding carboxylic acids is 1. The highest BCUT2D eigenvalue weighted by Gasteiger charge is 2.27. The van der Waals surface area contributed by atoms with Crippen molar-refractivity contribution in [1.82, 2.24) is 4.98 Å². The molecule has 3 nitrogen and oxygen atoms in total. The van der Waals surface area contributed by atoms with Crippen molar-refractivity contribution in [2.24, 2.45) is 11.8 Å². The van der Waals surface area contributed by atoms with Crippen LogP contribution in [0.2, 0.25) is 0 Å². The summed E-state index contributed by atoms with van der Waals surface area (Å²) in [6, 6.07) is 2.20. The fraction of sp³-hybridized carbons (Fsp3) is 0.625. The Labute approximate surface area is 115 Å². The fourth-order valence-electron chi connectivity index (χ4n) is 2.98. The highest BCUT2D eigenvalue weighted by molar-refractivity contribution is 5.72. The number of hydrogen-bond donors (Lipinski definition) is 0. The number of aromatic nitrogens is 1. The van der Waals surface area contributed by atoms with Crippen LogP contribution < -0.4 is 0 Å². The number of ether oxygens (including phenoxy) is 1. The Kier molecular flexibility index (Phi) is 4.56. The van der Waals surface area contributed by atoms with Crippen molar-refractivity contribution in [3.8, 4) is 0 Å². The molecule has 0 atom stereocenters.